The largest absolute Gasteiger partial charge is 0.497 e. The van der Waals surface area contributed by atoms with Crippen LogP contribution in [0.5, 0.6) is 11.5 Å². The molecule has 33 heavy (non-hydrogen) atoms. The molecule has 1 heterocycles. The molecule has 0 aliphatic carbocycles. The summed E-state index contributed by atoms with van der Waals surface area (Å²) in [7, 11) is 1.60. The number of methoxy groups -OCH3 is 1. The Morgan fingerprint density at radius 1 is 1.06 bits per heavy atom. The Labute approximate surface area is 194 Å². The van der Waals surface area contributed by atoms with Crippen molar-refractivity contribution < 1.29 is 19.1 Å². The van der Waals surface area contributed by atoms with Crippen LogP contribution >= 0.6 is 0 Å². The van der Waals surface area contributed by atoms with Gasteiger partial charge >= 0.3 is 0 Å². The predicted octanol–water partition coefficient (Wildman–Crippen LogP) is 4.23. The van der Waals surface area contributed by atoms with Crippen LogP contribution in [0, 0.1) is 0 Å². The lowest BCUT2D eigenvalue weighted by Gasteiger charge is -2.22. The minimum absolute atomic E-state index is 0.0364. The molecule has 0 saturated heterocycles. The van der Waals surface area contributed by atoms with Crippen LogP contribution < -0.4 is 14.8 Å². The molecule has 3 aromatic rings. The molecule has 0 bridgehead atoms. The van der Waals surface area contributed by atoms with Crippen LogP contribution in [0.3, 0.4) is 0 Å². The molecule has 0 saturated carbocycles. The zero-order valence-corrected chi connectivity index (χ0v) is 18.9. The maximum Gasteiger partial charge on any atom is 0.263 e. The number of nitrogens with zero attached hydrogens (tertiary/aromatic N) is 1. The van der Waals surface area contributed by atoms with Gasteiger partial charge in [-0.2, -0.15) is 0 Å². The van der Waals surface area contributed by atoms with Crippen molar-refractivity contribution >= 4 is 17.5 Å². The SMILES string of the molecule is COc1cccc(CC(=O)Nc2ccc3c(c2)CN(CCc2ccccc2)C(=O)[C@@H](C)O3)c1. The van der Waals surface area contributed by atoms with E-state index in [0.29, 0.717) is 24.5 Å². The summed E-state index contributed by atoms with van der Waals surface area (Å²) in [6, 6.07) is 23.1. The third-order valence-electron chi connectivity index (χ3n) is 5.68. The van der Waals surface area contributed by atoms with Gasteiger partial charge in [-0.3, -0.25) is 9.59 Å². The molecule has 0 aromatic heterocycles. The van der Waals surface area contributed by atoms with E-state index in [4.69, 9.17) is 9.47 Å². The van der Waals surface area contributed by atoms with Crippen molar-refractivity contribution in [3.05, 3.63) is 89.5 Å². The molecular formula is C27H28N2O4. The number of hydrogen-bond acceptors (Lipinski definition) is 4. The Morgan fingerprint density at radius 3 is 2.64 bits per heavy atom. The highest BCUT2D eigenvalue weighted by molar-refractivity contribution is 5.92. The third kappa shape index (κ3) is 5.71. The summed E-state index contributed by atoms with van der Waals surface area (Å²) in [5, 5.41) is 2.95. The number of fused-ring (bicyclic) bond motifs is 1. The molecule has 1 aliphatic rings. The van der Waals surface area contributed by atoms with E-state index < -0.39 is 6.10 Å². The normalized spacial score (nSPS) is 15.3. The molecule has 6 heteroatoms. The minimum Gasteiger partial charge on any atom is -0.497 e. The topological polar surface area (TPSA) is 67.9 Å². The smallest absolute Gasteiger partial charge is 0.263 e. The Morgan fingerprint density at radius 2 is 1.85 bits per heavy atom. The van der Waals surface area contributed by atoms with Gasteiger partial charge in [0, 0.05) is 24.3 Å². The summed E-state index contributed by atoms with van der Waals surface area (Å²) in [5.74, 6) is 1.23. The number of amides is 2. The van der Waals surface area contributed by atoms with Crippen LogP contribution in [-0.2, 0) is 29.0 Å². The fourth-order valence-corrected chi connectivity index (χ4v) is 3.95. The van der Waals surface area contributed by atoms with Crippen LogP contribution in [-0.4, -0.2) is 36.5 Å². The number of anilines is 1. The minimum atomic E-state index is -0.560. The van der Waals surface area contributed by atoms with Gasteiger partial charge in [0.05, 0.1) is 13.5 Å². The van der Waals surface area contributed by atoms with Crippen LogP contribution in [0.1, 0.15) is 23.6 Å². The van der Waals surface area contributed by atoms with Gasteiger partial charge in [0.15, 0.2) is 6.10 Å². The van der Waals surface area contributed by atoms with Crippen LogP contribution in [0.2, 0.25) is 0 Å². The van der Waals surface area contributed by atoms with Crippen molar-refractivity contribution in [1.82, 2.24) is 4.90 Å². The Balaban J connectivity index is 1.45. The fourth-order valence-electron chi connectivity index (χ4n) is 3.95. The third-order valence-corrected chi connectivity index (χ3v) is 5.68. The first-order valence-electron chi connectivity index (χ1n) is 11.1. The molecule has 6 nitrogen and oxygen atoms in total. The van der Waals surface area contributed by atoms with E-state index in [0.717, 1.165) is 23.3 Å². The number of carbonyl (C=O) groups excluding carboxylic acids is 2. The van der Waals surface area contributed by atoms with E-state index in [1.807, 2.05) is 59.5 Å². The lowest BCUT2D eigenvalue weighted by atomic mass is 10.1. The molecule has 1 N–H and O–H groups in total. The van der Waals surface area contributed by atoms with Crippen LogP contribution in [0.25, 0.3) is 0 Å². The van der Waals surface area contributed by atoms with Crippen LogP contribution in [0.4, 0.5) is 5.69 Å². The highest BCUT2D eigenvalue weighted by Gasteiger charge is 2.27. The Bertz CT molecular complexity index is 1130. The summed E-state index contributed by atoms with van der Waals surface area (Å²) in [6.07, 6.45) is 0.449. The molecule has 3 aromatic carbocycles. The first-order chi connectivity index (χ1) is 16.0. The average molecular weight is 445 g/mol. The molecule has 0 radical (unpaired) electrons. The van der Waals surface area contributed by atoms with Crippen molar-refractivity contribution in [3.63, 3.8) is 0 Å². The van der Waals surface area contributed by atoms with Crippen molar-refractivity contribution in [3.8, 4) is 11.5 Å². The molecule has 170 valence electrons. The van der Waals surface area contributed by atoms with Gasteiger partial charge in [0.2, 0.25) is 5.91 Å². The van der Waals surface area contributed by atoms with Gasteiger partial charge < -0.3 is 19.7 Å². The number of carbonyl (C=O) groups is 2. The number of benzene rings is 3. The first-order valence-corrected chi connectivity index (χ1v) is 11.1. The number of nitrogens with one attached hydrogen (secondary N) is 1. The molecular weight excluding hydrogens is 416 g/mol. The Hall–Kier alpha value is -3.80. The summed E-state index contributed by atoms with van der Waals surface area (Å²) in [5.41, 5.74) is 3.61. The number of hydrogen-bond donors (Lipinski definition) is 1. The highest BCUT2D eigenvalue weighted by atomic mass is 16.5. The van der Waals surface area contributed by atoms with E-state index >= 15 is 0 Å². The second-order valence-corrected chi connectivity index (χ2v) is 8.15. The zero-order chi connectivity index (χ0) is 23.2. The molecule has 0 unspecified atom stereocenters. The van der Waals surface area contributed by atoms with Gasteiger partial charge in [-0.15, -0.1) is 0 Å². The summed E-state index contributed by atoms with van der Waals surface area (Å²) >= 11 is 0. The van der Waals surface area contributed by atoms with Crippen molar-refractivity contribution in [2.75, 3.05) is 19.0 Å². The maximum atomic E-state index is 12.9. The van der Waals surface area contributed by atoms with Crippen molar-refractivity contribution in [1.29, 1.82) is 0 Å². The van der Waals surface area contributed by atoms with E-state index in [9.17, 15) is 9.59 Å². The van der Waals surface area contributed by atoms with Crippen LogP contribution in [0.15, 0.2) is 72.8 Å². The lowest BCUT2D eigenvalue weighted by molar-refractivity contribution is -0.137. The van der Waals surface area contributed by atoms with E-state index in [1.165, 1.54) is 5.56 Å². The summed E-state index contributed by atoms with van der Waals surface area (Å²) in [4.78, 5) is 27.3. The van der Waals surface area contributed by atoms with E-state index in [-0.39, 0.29) is 18.2 Å². The maximum absolute atomic E-state index is 12.9. The predicted molar refractivity (Wildman–Crippen MR) is 127 cm³/mol. The van der Waals surface area contributed by atoms with Gasteiger partial charge in [-0.25, -0.2) is 0 Å². The number of rotatable bonds is 7. The van der Waals surface area contributed by atoms with E-state index in [2.05, 4.69) is 17.4 Å². The highest BCUT2D eigenvalue weighted by Crippen LogP contribution is 2.29. The standard InChI is InChI=1S/C27H28N2O4/c1-19-27(31)29(14-13-20-7-4-3-5-8-20)18-22-17-23(11-12-25(22)33-19)28-26(30)16-21-9-6-10-24(15-21)32-2/h3-12,15,17,19H,13-14,16,18H2,1-2H3,(H,28,30)/t19-/m1/s1. The second kappa shape index (κ2) is 10.2. The molecule has 4 rings (SSSR count). The monoisotopic (exact) mass is 444 g/mol. The number of ether oxygens (including phenoxy) is 2. The quantitative estimate of drug-likeness (QED) is 0.592. The average Bonchev–Trinajstić information content (AvgIpc) is 2.94. The van der Waals surface area contributed by atoms with Crippen molar-refractivity contribution in [2.45, 2.75) is 32.4 Å². The van der Waals surface area contributed by atoms with E-state index in [1.54, 1.807) is 20.1 Å². The van der Waals surface area contributed by atoms with Gasteiger partial charge in [0.25, 0.3) is 5.91 Å². The summed E-state index contributed by atoms with van der Waals surface area (Å²) in [6.45, 7) is 2.81. The van der Waals surface area contributed by atoms with Gasteiger partial charge in [-0.1, -0.05) is 42.5 Å². The molecule has 0 fully saturated rings. The molecule has 1 atom stereocenters. The molecule has 2 amide bonds. The summed E-state index contributed by atoms with van der Waals surface area (Å²) < 4.78 is 11.1. The second-order valence-electron chi connectivity index (χ2n) is 8.15. The fraction of sp³-hybridized carbons (Fsp3) is 0.259. The van der Waals surface area contributed by atoms with Crippen molar-refractivity contribution in [2.24, 2.45) is 0 Å². The Kier molecular flexibility index (Phi) is 6.93. The lowest BCUT2D eigenvalue weighted by Crippen LogP contribution is -2.39. The molecule has 0 spiro atoms. The van der Waals surface area contributed by atoms with Gasteiger partial charge in [-0.05, 0) is 54.8 Å². The zero-order valence-electron chi connectivity index (χ0n) is 18.9. The molecule has 1 aliphatic heterocycles. The van der Waals surface area contributed by atoms with Gasteiger partial charge in [0.1, 0.15) is 11.5 Å². The first kappa shape index (κ1) is 22.4.